The molecule has 0 aromatic heterocycles. The van der Waals surface area contributed by atoms with Gasteiger partial charge in [0.25, 0.3) is 15.9 Å². The summed E-state index contributed by atoms with van der Waals surface area (Å²) < 4.78 is 36.1. The number of esters is 1. The maximum absolute atomic E-state index is 12.7. The Bertz CT molecular complexity index is 786. The number of amides is 1. The monoisotopic (exact) mass is 368 g/mol. The standard InChI is InChI=1S/C16H20N2O6S/c1-23-16(20)12-3-4-13-14(11-12)25(21,22)18(15(13)19)6-2-5-17-7-9-24-10-8-17/h3-4,11H,2,5-10H2,1H3. The van der Waals surface area contributed by atoms with Crippen molar-refractivity contribution in [3.05, 3.63) is 29.3 Å². The molecule has 0 N–H and O–H groups in total. The zero-order valence-corrected chi connectivity index (χ0v) is 14.8. The first kappa shape index (κ1) is 17.8. The Morgan fingerprint density at radius 1 is 1.24 bits per heavy atom. The molecule has 2 heterocycles. The molecule has 3 rings (SSSR count). The van der Waals surface area contributed by atoms with Crippen LogP contribution in [0.15, 0.2) is 23.1 Å². The van der Waals surface area contributed by atoms with Gasteiger partial charge in [0, 0.05) is 26.2 Å². The van der Waals surface area contributed by atoms with Crippen LogP contribution in [-0.4, -0.2) is 76.0 Å². The van der Waals surface area contributed by atoms with Crippen molar-refractivity contribution in [1.82, 2.24) is 9.21 Å². The third-order valence-corrected chi connectivity index (χ3v) is 6.19. The van der Waals surface area contributed by atoms with Crippen LogP contribution in [0, 0.1) is 0 Å². The molecule has 8 nitrogen and oxygen atoms in total. The molecule has 25 heavy (non-hydrogen) atoms. The van der Waals surface area contributed by atoms with E-state index in [0.29, 0.717) is 26.2 Å². The molecular formula is C16H20N2O6S. The van der Waals surface area contributed by atoms with E-state index < -0.39 is 21.9 Å². The summed E-state index contributed by atoms with van der Waals surface area (Å²) in [5.41, 5.74) is 0.201. The second-order valence-corrected chi connectivity index (χ2v) is 7.72. The highest BCUT2D eigenvalue weighted by Gasteiger charge is 2.41. The van der Waals surface area contributed by atoms with Crippen LogP contribution in [0.1, 0.15) is 27.1 Å². The highest BCUT2D eigenvalue weighted by atomic mass is 32.2. The van der Waals surface area contributed by atoms with Crippen LogP contribution < -0.4 is 0 Å². The van der Waals surface area contributed by atoms with Gasteiger partial charge in [-0.05, 0) is 24.6 Å². The van der Waals surface area contributed by atoms with E-state index in [1.807, 2.05) is 0 Å². The summed E-state index contributed by atoms with van der Waals surface area (Å²) in [4.78, 5) is 26.1. The van der Waals surface area contributed by atoms with Crippen molar-refractivity contribution in [2.45, 2.75) is 11.3 Å². The number of benzene rings is 1. The lowest BCUT2D eigenvalue weighted by molar-refractivity contribution is 0.0367. The molecule has 0 aliphatic carbocycles. The van der Waals surface area contributed by atoms with Crippen LogP contribution in [-0.2, 0) is 19.5 Å². The molecule has 0 spiro atoms. The van der Waals surface area contributed by atoms with E-state index in [1.165, 1.54) is 25.3 Å². The fourth-order valence-electron chi connectivity index (χ4n) is 3.00. The van der Waals surface area contributed by atoms with E-state index >= 15 is 0 Å². The number of hydrogen-bond donors (Lipinski definition) is 0. The number of carbonyl (C=O) groups is 2. The molecule has 1 amide bonds. The van der Waals surface area contributed by atoms with Crippen LogP contribution in [0.3, 0.4) is 0 Å². The average Bonchev–Trinajstić information content (AvgIpc) is 2.82. The van der Waals surface area contributed by atoms with E-state index in [1.54, 1.807) is 0 Å². The van der Waals surface area contributed by atoms with Crippen molar-refractivity contribution < 1.29 is 27.5 Å². The Balaban J connectivity index is 1.73. The smallest absolute Gasteiger partial charge is 0.337 e. The molecule has 1 saturated heterocycles. The van der Waals surface area contributed by atoms with Crippen LogP contribution in [0.5, 0.6) is 0 Å². The Labute approximate surface area is 146 Å². The molecule has 136 valence electrons. The third kappa shape index (κ3) is 3.39. The first-order valence-electron chi connectivity index (χ1n) is 8.04. The molecular weight excluding hydrogens is 348 g/mol. The number of hydrogen-bond acceptors (Lipinski definition) is 7. The zero-order valence-electron chi connectivity index (χ0n) is 13.9. The Morgan fingerprint density at radius 2 is 1.96 bits per heavy atom. The zero-order chi connectivity index (χ0) is 18.0. The predicted molar refractivity (Wildman–Crippen MR) is 87.9 cm³/mol. The number of morpholine rings is 1. The summed E-state index contributed by atoms with van der Waals surface area (Å²) in [5.74, 6) is -1.19. The third-order valence-electron chi connectivity index (χ3n) is 4.37. The molecule has 1 fully saturated rings. The van der Waals surface area contributed by atoms with Gasteiger partial charge in [-0.25, -0.2) is 17.5 Å². The summed E-state index contributed by atoms with van der Waals surface area (Å²) >= 11 is 0. The minimum Gasteiger partial charge on any atom is -0.465 e. The van der Waals surface area contributed by atoms with Gasteiger partial charge >= 0.3 is 5.97 Å². The van der Waals surface area contributed by atoms with Gasteiger partial charge in [0.2, 0.25) is 0 Å². The quantitative estimate of drug-likeness (QED) is 0.692. The Morgan fingerprint density at radius 3 is 2.64 bits per heavy atom. The molecule has 2 aliphatic heterocycles. The maximum Gasteiger partial charge on any atom is 0.337 e. The Hall–Kier alpha value is -1.97. The van der Waals surface area contributed by atoms with Gasteiger partial charge < -0.3 is 9.47 Å². The molecule has 2 aliphatic rings. The number of nitrogens with zero attached hydrogens (tertiary/aromatic N) is 2. The fraction of sp³-hybridized carbons (Fsp3) is 0.500. The summed E-state index contributed by atoms with van der Waals surface area (Å²) in [6, 6.07) is 3.97. The summed E-state index contributed by atoms with van der Waals surface area (Å²) in [6.07, 6.45) is 0.544. The first-order chi connectivity index (χ1) is 11.9. The molecule has 0 bridgehead atoms. The van der Waals surface area contributed by atoms with Gasteiger partial charge in [-0.15, -0.1) is 0 Å². The van der Waals surface area contributed by atoms with Gasteiger partial charge in [0.15, 0.2) is 0 Å². The molecule has 1 aromatic rings. The van der Waals surface area contributed by atoms with Crippen molar-refractivity contribution in [2.24, 2.45) is 0 Å². The number of sulfonamides is 1. The summed E-state index contributed by atoms with van der Waals surface area (Å²) in [6.45, 7) is 3.77. The lowest BCUT2D eigenvalue weighted by atomic mass is 10.1. The minimum absolute atomic E-state index is 0.0963. The van der Waals surface area contributed by atoms with Gasteiger partial charge in [-0.1, -0.05) is 0 Å². The maximum atomic E-state index is 12.7. The predicted octanol–water partition coefficient (Wildman–Crippen LogP) is 0.340. The van der Waals surface area contributed by atoms with E-state index in [4.69, 9.17) is 4.74 Å². The summed E-state index contributed by atoms with van der Waals surface area (Å²) in [7, 11) is -2.71. The second-order valence-electron chi connectivity index (χ2n) is 5.89. The van der Waals surface area contributed by atoms with Gasteiger partial charge in [-0.2, -0.15) is 0 Å². The minimum atomic E-state index is -3.93. The second kappa shape index (κ2) is 7.11. The summed E-state index contributed by atoms with van der Waals surface area (Å²) in [5, 5.41) is 0. The number of ether oxygens (including phenoxy) is 2. The average molecular weight is 368 g/mol. The van der Waals surface area contributed by atoms with Gasteiger partial charge in [-0.3, -0.25) is 9.69 Å². The van der Waals surface area contributed by atoms with Gasteiger partial charge in [0.1, 0.15) is 4.90 Å². The Kier molecular flexibility index (Phi) is 5.07. The van der Waals surface area contributed by atoms with Gasteiger partial charge in [0.05, 0.1) is 31.5 Å². The van der Waals surface area contributed by atoms with Crippen LogP contribution in [0.25, 0.3) is 0 Å². The number of carbonyl (C=O) groups excluding carboxylic acids is 2. The lowest BCUT2D eigenvalue weighted by Crippen LogP contribution is -2.39. The van der Waals surface area contributed by atoms with E-state index in [-0.39, 0.29) is 22.6 Å². The molecule has 9 heteroatoms. The van der Waals surface area contributed by atoms with Crippen molar-refractivity contribution >= 4 is 21.9 Å². The topological polar surface area (TPSA) is 93.2 Å². The first-order valence-corrected chi connectivity index (χ1v) is 9.48. The normalized spacial score (nSPS) is 19.7. The van der Waals surface area contributed by atoms with Crippen LogP contribution in [0.2, 0.25) is 0 Å². The molecule has 0 radical (unpaired) electrons. The van der Waals surface area contributed by atoms with Crippen LogP contribution >= 0.6 is 0 Å². The lowest BCUT2D eigenvalue weighted by Gasteiger charge is -2.27. The van der Waals surface area contributed by atoms with E-state index in [2.05, 4.69) is 9.64 Å². The fourth-order valence-corrected chi connectivity index (χ4v) is 4.64. The van der Waals surface area contributed by atoms with Crippen molar-refractivity contribution in [1.29, 1.82) is 0 Å². The largest absolute Gasteiger partial charge is 0.465 e. The van der Waals surface area contributed by atoms with Crippen LogP contribution in [0.4, 0.5) is 0 Å². The van der Waals surface area contributed by atoms with E-state index in [9.17, 15) is 18.0 Å². The molecule has 0 atom stereocenters. The van der Waals surface area contributed by atoms with Crippen molar-refractivity contribution in [3.63, 3.8) is 0 Å². The number of fused-ring (bicyclic) bond motifs is 1. The van der Waals surface area contributed by atoms with Crippen molar-refractivity contribution in [2.75, 3.05) is 46.5 Å². The highest BCUT2D eigenvalue weighted by Crippen LogP contribution is 2.31. The number of rotatable bonds is 5. The highest BCUT2D eigenvalue weighted by molar-refractivity contribution is 7.90. The molecule has 1 aromatic carbocycles. The molecule has 0 saturated carbocycles. The van der Waals surface area contributed by atoms with E-state index in [0.717, 1.165) is 17.4 Å². The molecule has 0 unspecified atom stereocenters. The SMILES string of the molecule is COC(=O)c1ccc2c(c1)S(=O)(=O)N(CCCN1CCOCC1)C2=O. The number of methoxy groups -OCH3 is 1. The van der Waals surface area contributed by atoms with Crippen molar-refractivity contribution in [3.8, 4) is 0 Å².